The number of ether oxygens (including phenoxy) is 1. The van der Waals surface area contributed by atoms with E-state index in [1.165, 1.54) is 0 Å². The predicted molar refractivity (Wildman–Crippen MR) is 95.4 cm³/mol. The monoisotopic (exact) mass is 389 g/mol. The molecule has 0 aliphatic heterocycles. The molecule has 6 nitrogen and oxygen atoms in total. The number of benzene rings is 1. The van der Waals surface area contributed by atoms with Crippen LogP contribution in [0.1, 0.15) is 15.4 Å². The second-order valence-electron chi connectivity index (χ2n) is 5.40. The van der Waals surface area contributed by atoms with E-state index in [0.29, 0.717) is 16.4 Å². The predicted octanol–water partition coefficient (Wildman–Crippen LogP) is 3.59. The number of carbonyl (C=O) groups excluding carboxylic acids is 2. The van der Waals surface area contributed by atoms with E-state index in [2.05, 4.69) is 15.3 Å². The molecule has 0 spiro atoms. The van der Waals surface area contributed by atoms with Crippen molar-refractivity contribution in [2.45, 2.75) is 6.92 Å². The molecule has 9 heteroatoms. The summed E-state index contributed by atoms with van der Waals surface area (Å²) in [6.45, 7) is 0.993. The molecular weight excluding hydrogens is 376 g/mol. The number of hydrogen-bond acceptors (Lipinski definition) is 6. The summed E-state index contributed by atoms with van der Waals surface area (Å²) in [4.78, 5) is 32.7. The fraction of sp³-hybridized carbons (Fsp3) is 0.111. The van der Waals surface area contributed by atoms with Gasteiger partial charge in [-0.25, -0.2) is 18.6 Å². The average Bonchev–Trinajstić information content (AvgIpc) is 3.05. The van der Waals surface area contributed by atoms with Crippen LogP contribution in [0.25, 0.3) is 10.7 Å². The van der Waals surface area contributed by atoms with E-state index in [1.54, 1.807) is 31.3 Å². The minimum Gasteiger partial charge on any atom is -0.451 e. The number of anilines is 1. The molecule has 0 radical (unpaired) electrons. The Labute approximate surface area is 156 Å². The summed E-state index contributed by atoms with van der Waals surface area (Å²) in [6.07, 6.45) is 1.61. The second kappa shape index (κ2) is 8.00. The van der Waals surface area contributed by atoms with Crippen LogP contribution in [0.15, 0.2) is 42.6 Å². The number of pyridine rings is 1. The average molecular weight is 389 g/mol. The van der Waals surface area contributed by atoms with Crippen LogP contribution in [0, 0.1) is 18.6 Å². The number of thiazole rings is 1. The molecule has 0 saturated carbocycles. The zero-order chi connectivity index (χ0) is 19.4. The largest absolute Gasteiger partial charge is 0.451 e. The number of hydrogen-bond donors (Lipinski definition) is 1. The number of halogens is 2. The van der Waals surface area contributed by atoms with Gasteiger partial charge >= 0.3 is 5.97 Å². The Hall–Kier alpha value is -3.20. The van der Waals surface area contributed by atoms with Gasteiger partial charge in [-0.1, -0.05) is 6.07 Å². The van der Waals surface area contributed by atoms with Gasteiger partial charge in [-0.15, -0.1) is 11.3 Å². The minimum atomic E-state index is -0.797. The first-order valence-electron chi connectivity index (χ1n) is 7.75. The molecule has 27 heavy (non-hydrogen) atoms. The highest BCUT2D eigenvalue weighted by Gasteiger charge is 2.19. The Bertz CT molecular complexity index is 993. The van der Waals surface area contributed by atoms with Crippen molar-refractivity contribution in [3.05, 3.63) is 64.8 Å². The third-order valence-electron chi connectivity index (χ3n) is 3.40. The van der Waals surface area contributed by atoms with Crippen molar-refractivity contribution in [2.24, 2.45) is 0 Å². The van der Waals surface area contributed by atoms with Gasteiger partial charge in [0, 0.05) is 12.3 Å². The van der Waals surface area contributed by atoms with Crippen molar-refractivity contribution < 1.29 is 23.1 Å². The number of nitrogens with one attached hydrogen (secondary N) is 1. The molecule has 0 bridgehead atoms. The van der Waals surface area contributed by atoms with Crippen molar-refractivity contribution in [1.82, 2.24) is 9.97 Å². The summed E-state index contributed by atoms with van der Waals surface area (Å²) >= 11 is 1.09. The maximum Gasteiger partial charge on any atom is 0.350 e. The van der Waals surface area contributed by atoms with Gasteiger partial charge in [0.15, 0.2) is 6.61 Å². The van der Waals surface area contributed by atoms with Gasteiger partial charge in [-0.3, -0.25) is 9.78 Å². The third kappa shape index (κ3) is 4.50. The van der Waals surface area contributed by atoms with E-state index in [1.807, 2.05) is 0 Å². The van der Waals surface area contributed by atoms with E-state index in [-0.39, 0.29) is 10.6 Å². The standard InChI is InChI=1S/C18H13F2N3O3S/c1-10-16(27-17(22-10)13-4-2-3-7-21-13)18(25)26-9-15(24)23-14-8-11(19)5-6-12(14)20/h2-8H,9H2,1H3,(H,23,24). The summed E-state index contributed by atoms with van der Waals surface area (Å²) in [5, 5.41) is 2.70. The van der Waals surface area contributed by atoms with Gasteiger partial charge in [0.05, 0.1) is 17.1 Å². The Morgan fingerprint density at radius 3 is 2.78 bits per heavy atom. The van der Waals surface area contributed by atoms with Crippen LogP contribution in [0.3, 0.4) is 0 Å². The normalized spacial score (nSPS) is 10.5. The summed E-state index contributed by atoms with van der Waals surface area (Å²) in [5.41, 5.74) is 0.730. The van der Waals surface area contributed by atoms with Crippen molar-refractivity contribution in [3.63, 3.8) is 0 Å². The van der Waals surface area contributed by atoms with Crippen LogP contribution < -0.4 is 5.32 Å². The molecule has 2 heterocycles. The number of amides is 1. The van der Waals surface area contributed by atoms with Crippen LogP contribution in [-0.2, 0) is 9.53 Å². The van der Waals surface area contributed by atoms with Crippen molar-refractivity contribution in [2.75, 3.05) is 11.9 Å². The first-order chi connectivity index (χ1) is 12.9. The van der Waals surface area contributed by atoms with Crippen molar-refractivity contribution in [3.8, 4) is 10.7 Å². The lowest BCUT2D eigenvalue weighted by Gasteiger charge is -2.07. The van der Waals surface area contributed by atoms with E-state index in [0.717, 1.165) is 29.5 Å². The molecule has 0 aliphatic carbocycles. The van der Waals surface area contributed by atoms with Crippen LogP contribution in [0.2, 0.25) is 0 Å². The molecule has 0 aliphatic rings. The number of esters is 1. The topological polar surface area (TPSA) is 81.2 Å². The lowest BCUT2D eigenvalue weighted by molar-refractivity contribution is -0.119. The number of carbonyl (C=O) groups is 2. The lowest BCUT2D eigenvalue weighted by Crippen LogP contribution is -2.21. The van der Waals surface area contributed by atoms with E-state index in [9.17, 15) is 18.4 Å². The molecule has 0 unspecified atom stereocenters. The van der Waals surface area contributed by atoms with Crippen LogP contribution in [-0.4, -0.2) is 28.5 Å². The van der Waals surface area contributed by atoms with Crippen molar-refractivity contribution >= 4 is 28.9 Å². The molecule has 0 fully saturated rings. The molecule has 1 amide bonds. The fourth-order valence-corrected chi connectivity index (χ4v) is 3.10. The summed E-state index contributed by atoms with van der Waals surface area (Å²) in [5.74, 6) is -3.03. The Balaban J connectivity index is 1.63. The molecule has 3 rings (SSSR count). The maximum absolute atomic E-state index is 13.5. The Kier molecular flexibility index (Phi) is 5.51. The van der Waals surface area contributed by atoms with Gasteiger partial charge in [0.1, 0.15) is 21.5 Å². The molecule has 1 aromatic carbocycles. The molecule has 0 saturated heterocycles. The highest BCUT2D eigenvalue weighted by molar-refractivity contribution is 7.17. The van der Waals surface area contributed by atoms with Gasteiger partial charge in [0.25, 0.3) is 5.91 Å². The van der Waals surface area contributed by atoms with Gasteiger partial charge in [-0.05, 0) is 31.2 Å². The Morgan fingerprint density at radius 2 is 2.04 bits per heavy atom. The minimum absolute atomic E-state index is 0.236. The lowest BCUT2D eigenvalue weighted by atomic mass is 10.3. The quantitative estimate of drug-likeness (QED) is 0.675. The summed E-state index contributed by atoms with van der Waals surface area (Å²) in [6, 6.07) is 7.97. The zero-order valence-electron chi connectivity index (χ0n) is 14.0. The van der Waals surface area contributed by atoms with Crippen molar-refractivity contribution in [1.29, 1.82) is 0 Å². The van der Waals surface area contributed by atoms with Gasteiger partial charge < -0.3 is 10.1 Å². The third-order valence-corrected chi connectivity index (χ3v) is 4.56. The van der Waals surface area contributed by atoms with E-state index < -0.39 is 30.1 Å². The second-order valence-corrected chi connectivity index (χ2v) is 6.40. The maximum atomic E-state index is 13.5. The SMILES string of the molecule is Cc1nc(-c2ccccn2)sc1C(=O)OCC(=O)Nc1cc(F)ccc1F. The van der Waals surface area contributed by atoms with E-state index >= 15 is 0 Å². The molecule has 2 aromatic heterocycles. The van der Waals surface area contributed by atoms with Gasteiger partial charge in [-0.2, -0.15) is 0 Å². The highest BCUT2D eigenvalue weighted by Crippen LogP contribution is 2.26. The summed E-state index contributed by atoms with van der Waals surface area (Å²) < 4.78 is 31.6. The molecular formula is C18H13F2N3O3S. The Morgan fingerprint density at radius 1 is 1.22 bits per heavy atom. The van der Waals surface area contributed by atoms with Crippen LogP contribution >= 0.6 is 11.3 Å². The fourth-order valence-electron chi connectivity index (χ4n) is 2.16. The van der Waals surface area contributed by atoms with Crippen LogP contribution in [0.5, 0.6) is 0 Å². The van der Waals surface area contributed by atoms with Crippen LogP contribution in [0.4, 0.5) is 14.5 Å². The summed E-state index contributed by atoms with van der Waals surface area (Å²) in [7, 11) is 0. The highest BCUT2D eigenvalue weighted by atomic mass is 32.1. The molecule has 0 atom stereocenters. The molecule has 3 aromatic rings. The number of nitrogens with zero attached hydrogens (tertiary/aromatic N) is 2. The first-order valence-corrected chi connectivity index (χ1v) is 8.56. The number of aromatic nitrogens is 2. The van der Waals surface area contributed by atoms with E-state index in [4.69, 9.17) is 4.74 Å². The number of rotatable bonds is 5. The molecule has 1 N–H and O–H groups in total. The zero-order valence-corrected chi connectivity index (χ0v) is 14.8. The number of aryl methyl sites for hydroxylation is 1. The molecule has 138 valence electrons. The smallest absolute Gasteiger partial charge is 0.350 e. The first kappa shape index (κ1) is 18.6. The van der Waals surface area contributed by atoms with Gasteiger partial charge in [0.2, 0.25) is 0 Å².